The molecular formula is C29H28Cl2N2O4. The molecule has 37 heavy (non-hydrogen) atoms. The second kappa shape index (κ2) is 11.8. The summed E-state index contributed by atoms with van der Waals surface area (Å²) >= 11 is 12.3. The lowest BCUT2D eigenvalue weighted by molar-refractivity contribution is -0.145. The van der Waals surface area contributed by atoms with Crippen molar-refractivity contribution in [2.75, 3.05) is 13.2 Å². The second-order valence-corrected chi connectivity index (χ2v) is 9.80. The zero-order valence-corrected chi connectivity index (χ0v) is 22.4. The molecule has 0 radical (unpaired) electrons. The summed E-state index contributed by atoms with van der Waals surface area (Å²) in [4.78, 5) is 32.1. The fourth-order valence-corrected chi connectivity index (χ4v) is 4.48. The van der Waals surface area contributed by atoms with Gasteiger partial charge in [0.25, 0.3) is 0 Å². The van der Waals surface area contributed by atoms with Crippen molar-refractivity contribution in [2.45, 2.75) is 32.9 Å². The molecule has 3 aromatic rings. The van der Waals surface area contributed by atoms with Gasteiger partial charge in [0.2, 0.25) is 5.91 Å². The molecule has 1 heterocycles. The molecule has 8 heteroatoms. The molecule has 0 aromatic heterocycles. The van der Waals surface area contributed by atoms with E-state index in [1.54, 1.807) is 24.0 Å². The zero-order valence-electron chi connectivity index (χ0n) is 20.9. The monoisotopic (exact) mass is 538 g/mol. The van der Waals surface area contributed by atoms with Crippen LogP contribution < -0.4 is 4.74 Å². The Hall–Kier alpha value is -3.35. The number of ether oxygens (including phenoxy) is 2. The highest BCUT2D eigenvalue weighted by Crippen LogP contribution is 2.44. The van der Waals surface area contributed by atoms with Crippen LogP contribution in [0.3, 0.4) is 0 Å². The molecule has 192 valence electrons. The molecule has 6 nitrogen and oxygen atoms in total. The fourth-order valence-electron chi connectivity index (χ4n) is 4.22. The molecule has 1 amide bonds. The van der Waals surface area contributed by atoms with E-state index in [4.69, 9.17) is 37.7 Å². The molecule has 4 rings (SSSR count). The van der Waals surface area contributed by atoms with E-state index >= 15 is 0 Å². The average Bonchev–Trinajstić information content (AvgIpc) is 3.28. The summed E-state index contributed by atoms with van der Waals surface area (Å²) in [6, 6.07) is 21.5. The van der Waals surface area contributed by atoms with Crippen LogP contribution >= 0.6 is 23.2 Å². The minimum absolute atomic E-state index is 0.0437. The quantitative estimate of drug-likeness (QED) is 0.300. The highest BCUT2D eigenvalue weighted by atomic mass is 35.5. The zero-order chi connectivity index (χ0) is 26.5. The van der Waals surface area contributed by atoms with Crippen molar-refractivity contribution in [3.63, 3.8) is 0 Å². The maximum absolute atomic E-state index is 13.6. The van der Waals surface area contributed by atoms with Crippen molar-refractivity contribution >= 4 is 40.9 Å². The molecule has 0 saturated carbocycles. The van der Waals surface area contributed by atoms with Gasteiger partial charge in [0.15, 0.2) is 6.61 Å². The van der Waals surface area contributed by atoms with Gasteiger partial charge in [-0.15, -0.1) is 0 Å². The van der Waals surface area contributed by atoms with Gasteiger partial charge in [0.1, 0.15) is 17.6 Å². The number of amidine groups is 1. The summed E-state index contributed by atoms with van der Waals surface area (Å²) in [6.45, 7) is 5.61. The number of hydrogen-bond donors (Lipinski definition) is 0. The lowest BCUT2D eigenvalue weighted by Gasteiger charge is -2.31. The van der Waals surface area contributed by atoms with Crippen molar-refractivity contribution in [2.24, 2.45) is 10.9 Å². The molecule has 2 atom stereocenters. The molecule has 0 saturated heterocycles. The summed E-state index contributed by atoms with van der Waals surface area (Å²) < 4.78 is 10.4. The van der Waals surface area contributed by atoms with Gasteiger partial charge in [-0.1, -0.05) is 61.3 Å². The molecule has 1 aliphatic rings. The van der Waals surface area contributed by atoms with Crippen molar-refractivity contribution in [1.82, 2.24) is 4.90 Å². The smallest absolute Gasteiger partial charge is 0.344 e. The number of nitrogens with zero attached hydrogens (tertiary/aromatic N) is 2. The first-order chi connectivity index (χ1) is 17.8. The Morgan fingerprint density at radius 2 is 1.46 bits per heavy atom. The van der Waals surface area contributed by atoms with Crippen LogP contribution in [0.5, 0.6) is 5.75 Å². The summed E-state index contributed by atoms with van der Waals surface area (Å²) in [7, 11) is 0. The van der Waals surface area contributed by atoms with Crippen LogP contribution in [-0.4, -0.2) is 35.8 Å². The second-order valence-electron chi connectivity index (χ2n) is 8.93. The van der Waals surface area contributed by atoms with Crippen LogP contribution in [0.15, 0.2) is 77.8 Å². The van der Waals surface area contributed by atoms with E-state index in [1.165, 1.54) is 0 Å². The average molecular weight is 539 g/mol. The van der Waals surface area contributed by atoms with Crippen molar-refractivity contribution < 1.29 is 19.1 Å². The summed E-state index contributed by atoms with van der Waals surface area (Å²) in [5.74, 6) is 0.349. The molecular weight excluding hydrogens is 511 g/mol. The Bertz CT molecular complexity index is 1270. The van der Waals surface area contributed by atoms with Gasteiger partial charge >= 0.3 is 5.97 Å². The largest absolute Gasteiger partial charge is 0.482 e. The van der Waals surface area contributed by atoms with Crippen LogP contribution in [0.1, 0.15) is 49.5 Å². The number of aliphatic imine (C=N–C) groups is 1. The van der Waals surface area contributed by atoms with Crippen molar-refractivity contribution in [1.29, 1.82) is 0 Å². The number of amides is 1. The lowest BCUT2D eigenvalue weighted by atomic mass is 9.93. The maximum Gasteiger partial charge on any atom is 0.344 e. The highest BCUT2D eigenvalue weighted by molar-refractivity contribution is 6.30. The minimum atomic E-state index is -0.433. The Labute approximate surface area is 226 Å². The number of hydrogen-bond acceptors (Lipinski definition) is 5. The molecule has 2 unspecified atom stereocenters. The molecule has 1 aliphatic heterocycles. The number of carbonyl (C=O) groups is 2. The third-order valence-electron chi connectivity index (χ3n) is 6.00. The molecule has 3 aromatic carbocycles. The van der Waals surface area contributed by atoms with E-state index in [0.29, 0.717) is 28.2 Å². The van der Waals surface area contributed by atoms with Gasteiger partial charge in [-0.3, -0.25) is 14.7 Å². The third-order valence-corrected chi connectivity index (χ3v) is 6.50. The number of benzene rings is 3. The van der Waals surface area contributed by atoms with Crippen molar-refractivity contribution in [3.8, 4) is 5.75 Å². The normalized spacial score (nSPS) is 17.0. The first-order valence-corrected chi connectivity index (χ1v) is 12.8. The third kappa shape index (κ3) is 6.14. The Kier molecular flexibility index (Phi) is 8.52. The van der Waals surface area contributed by atoms with Gasteiger partial charge in [-0.25, -0.2) is 4.79 Å². The van der Waals surface area contributed by atoms with E-state index in [-0.39, 0.29) is 30.5 Å². The molecule has 0 spiro atoms. The topological polar surface area (TPSA) is 68.2 Å². The van der Waals surface area contributed by atoms with E-state index in [1.807, 2.05) is 74.5 Å². The predicted octanol–water partition coefficient (Wildman–Crippen LogP) is 6.66. The van der Waals surface area contributed by atoms with Crippen LogP contribution in [0.25, 0.3) is 0 Å². The van der Waals surface area contributed by atoms with Crippen LogP contribution in [0.4, 0.5) is 0 Å². The van der Waals surface area contributed by atoms with Crippen LogP contribution in [-0.2, 0) is 14.3 Å². The van der Waals surface area contributed by atoms with Crippen molar-refractivity contribution in [3.05, 3.63) is 99.5 Å². The number of carbonyl (C=O) groups excluding carboxylic acids is 2. The van der Waals surface area contributed by atoms with Gasteiger partial charge < -0.3 is 9.47 Å². The standard InChI is InChI=1S/C29H28Cl2N2O4/c1-4-36-25(34)17-37-24-15-9-21(10-16-24)28-32-26(19-5-11-22(30)12-6-19)27(33(28)29(35)18(2)3)20-7-13-23(31)14-8-20/h5-16,18,26-27H,4,17H2,1-3H3. The Balaban J connectivity index is 1.75. The first-order valence-electron chi connectivity index (χ1n) is 12.1. The molecule has 0 aliphatic carbocycles. The Morgan fingerprint density at radius 3 is 2.00 bits per heavy atom. The van der Waals surface area contributed by atoms with E-state index < -0.39 is 5.97 Å². The Morgan fingerprint density at radius 1 is 0.892 bits per heavy atom. The van der Waals surface area contributed by atoms with Gasteiger partial charge in [0.05, 0.1) is 12.6 Å². The summed E-state index contributed by atoms with van der Waals surface area (Å²) in [5, 5.41) is 1.24. The van der Waals surface area contributed by atoms with Crippen LogP contribution in [0.2, 0.25) is 10.0 Å². The fraction of sp³-hybridized carbons (Fsp3) is 0.276. The number of rotatable bonds is 8. The van der Waals surface area contributed by atoms with Gasteiger partial charge in [-0.05, 0) is 66.6 Å². The number of esters is 1. The predicted molar refractivity (Wildman–Crippen MR) is 145 cm³/mol. The van der Waals surface area contributed by atoms with Gasteiger partial charge in [0, 0.05) is 21.5 Å². The first kappa shape index (κ1) is 26.7. The minimum Gasteiger partial charge on any atom is -0.482 e. The highest BCUT2D eigenvalue weighted by Gasteiger charge is 2.42. The van der Waals surface area contributed by atoms with Gasteiger partial charge in [-0.2, -0.15) is 0 Å². The van der Waals surface area contributed by atoms with E-state index in [2.05, 4.69) is 0 Å². The summed E-state index contributed by atoms with van der Waals surface area (Å²) in [6.07, 6.45) is 0. The molecule has 0 bridgehead atoms. The molecule has 0 N–H and O–H groups in total. The maximum atomic E-state index is 13.6. The lowest BCUT2D eigenvalue weighted by Crippen LogP contribution is -2.40. The van der Waals surface area contributed by atoms with E-state index in [9.17, 15) is 9.59 Å². The molecule has 0 fully saturated rings. The summed E-state index contributed by atoms with van der Waals surface area (Å²) in [5.41, 5.74) is 2.62. The number of halogens is 2. The van der Waals surface area contributed by atoms with E-state index in [0.717, 1.165) is 16.7 Å². The van der Waals surface area contributed by atoms with Crippen LogP contribution in [0, 0.1) is 5.92 Å². The SMILES string of the molecule is CCOC(=O)COc1ccc(C2=NC(c3ccc(Cl)cc3)C(c3ccc(Cl)cc3)N2C(=O)C(C)C)cc1.